The summed E-state index contributed by atoms with van der Waals surface area (Å²) in [7, 11) is 0. The Morgan fingerprint density at radius 3 is 2.08 bits per heavy atom. The van der Waals surface area contributed by atoms with E-state index in [0.29, 0.717) is 26.2 Å². The highest BCUT2D eigenvalue weighted by Crippen LogP contribution is 2.29. The molecule has 0 atom stereocenters. The van der Waals surface area contributed by atoms with E-state index in [-0.39, 0.29) is 24.5 Å². The van der Waals surface area contributed by atoms with Gasteiger partial charge in [0, 0.05) is 51.4 Å². The lowest BCUT2D eigenvalue weighted by Gasteiger charge is -2.35. The second-order valence-electron chi connectivity index (χ2n) is 6.17. The third kappa shape index (κ3) is 3.54. The van der Waals surface area contributed by atoms with Gasteiger partial charge in [0.1, 0.15) is 11.5 Å². The topological polar surface area (TPSA) is 87.0 Å². The van der Waals surface area contributed by atoms with Crippen LogP contribution in [-0.2, 0) is 9.59 Å². The van der Waals surface area contributed by atoms with Gasteiger partial charge in [-0.2, -0.15) is 0 Å². The Bertz CT molecular complexity index is 697. The lowest BCUT2D eigenvalue weighted by atomic mass is 10.2. The number of halogens is 1. The van der Waals surface area contributed by atoms with Crippen molar-refractivity contribution in [1.82, 2.24) is 9.80 Å². The molecule has 25 heavy (non-hydrogen) atoms. The predicted molar refractivity (Wildman–Crippen MR) is 87.7 cm³/mol. The number of likely N-dealkylation sites (tertiary alicyclic amines) is 1. The minimum atomic E-state index is -0.552. The number of hydrogen-bond donors (Lipinski definition) is 0. The third-order valence-electron chi connectivity index (χ3n) is 4.62. The summed E-state index contributed by atoms with van der Waals surface area (Å²) in [5.74, 6) is -1.57. The number of nitro groups is 1. The van der Waals surface area contributed by atoms with Gasteiger partial charge in [0.05, 0.1) is 4.92 Å². The smallest absolute Gasteiger partial charge is 0.312 e. The Labute approximate surface area is 143 Å². The minimum absolute atomic E-state index is 0.172. The Morgan fingerprint density at radius 2 is 1.52 bits per heavy atom. The van der Waals surface area contributed by atoms with Crippen LogP contribution in [0, 0.1) is 15.9 Å². The van der Waals surface area contributed by atoms with Crippen LogP contribution in [0.15, 0.2) is 18.2 Å². The van der Waals surface area contributed by atoms with Gasteiger partial charge in [-0.3, -0.25) is 19.7 Å². The molecule has 3 rings (SSSR count). The van der Waals surface area contributed by atoms with Crippen molar-refractivity contribution in [3.63, 3.8) is 0 Å². The molecule has 2 saturated heterocycles. The van der Waals surface area contributed by atoms with E-state index in [1.807, 2.05) is 0 Å². The molecule has 1 aromatic carbocycles. The molecule has 134 valence electrons. The van der Waals surface area contributed by atoms with Gasteiger partial charge in [-0.25, -0.2) is 4.39 Å². The Morgan fingerprint density at radius 1 is 0.960 bits per heavy atom. The molecule has 2 aliphatic rings. The molecule has 0 N–H and O–H groups in total. The van der Waals surface area contributed by atoms with Crippen molar-refractivity contribution in [1.29, 1.82) is 0 Å². The van der Waals surface area contributed by atoms with Crippen LogP contribution in [-0.4, -0.2) is 65.8 Å². The van der Waals surface area contributed by atoms with E-state index >= 15 is 0 Å². The highest BCUT2D eigenvalue weighted by Gasteiger charge is 2.32. The van der Waals surface area contributed by atoms with Gasteiger partial charge >= 0.3 is 11.8 Å². The Hall–Kier alpha value is -2.71. The number of hydrogen-bond acceptors (Lipinski definition) is 5. The zero-order valence-electron chi connectivity index (χ0n) is 13.7. The van der Waals surface area contributed by atoms with Gasteiger partial charge in [-0.05, 0) is 18.9 Å². The quantitative estimate of drug-likeness (QED) is 0.451. The number of benzene rings is 1. The first-order valence-corrected chi connectivity index (χ1v) is 8.24. The van der Waals surface area contributed by atoms with Crippen molar-refractivity contribution in [3.05, 3.63) is 34.1 Å². The molecule has 2 amide bonds. The summed E-state index contributed by atoms with van der Waals surface area (Å²) >= 11 is 0. The van der Waals surface area contributed by atoms with Crippen LogP contribution in [0.2, 0.25) is 0 Å². The van der Waals surface area contributed by atoms with E-state index in [1.54, 1.807) is 9.80 Å². The zero-order chi connectivity index (χ0) is 18.0. The summed E-state index contributed by atoms with van der Waals surface area (Å²) < 4.78 is 13.5. The summed E-state index contributed by atoms with van der Waals surface area (Å²) in [4.78, 5) is 39.7. The molecule has 2 heterocycles. The normalized spacial score (nSPS) is 17.7. The highest BCUT2D eigenvalue weighted by molar-refractivity contribution is 6.35. The lowest BCUT2D eigenvalue weighted by molar-refractivity contribution is -0.384. The van der Waals surface area contributed by atoms with Crippen molar-refractivity contribution < 1.29 is 18.9 Å². The first-order valence-electron chi connectivity index (χ1n) is 8.24. The number of amides is 2. The summed E-state index contributed by atoms with van der Waals surface area (Å²) in [5, 5.41) is 11.1. The summed E-state index contributed by atoms with van der Waals surface area (Å²) in [6, 6.07) is 3.32. The van der Waals surface area contributed by atoms with Crippen LogP contribution in [0.3, 0.4) is 0 Å². The molecular formula is C16H19FN4O4. The number of nitro benzene ring substituents is 1. The summed E-state index contributed by atoms with van der Waals surface area (Å²) in [5.41, 5.74) is 0.0253. The molecule has 2 fully saturated rings. The maximum atomic E-state index is 13.5. The van der Waals surface area contributed by atoms with Crippen LogP contribution in [0.4, 0.5) is 15.8 Å². The van der Waals surface area contributed by atoms with E-state index in [2.05, 4.69) is 0 Å². The second-order valence-corrected chi connectivity index (χ2v) is 6.17. The first-order chi connectivity index (χ1) is 12.0. The SMILES string of the molecule is O=C(C(=O)N1CCN(c2cc(F)ccc2[N+](=O)[O-])CC1)N1CCCC1. The van der Waals surface area contributed by atoms with Gasteiger partial charge in [0.2, 0.25) is 0 Å². The molecule has 0 bridgehead atoms. The third-order valence-corrected chi connectivity index (χ3v) is 4.62. The number of rotatable bonds is 2. The fourth-order valence-electron chi connectivity index (χ4n) is 3.25. The molecule has 0 aromatic heterocycles. The number of anilines is 1. The van der Waals surface area contributed by atoms with Crippen LogP contribution in [0.25, 0.3) is 0 Å². The summed E-state index contributed by atoms with van der Waals surface area (Å²) in [6.07, 6.45) is 1.83. The van der Waals surface area contributed by atoms with E-state index in [9.17, 15) is 24.1 Å². The van der Waals surface area contributed by atoms with Crippen LogP contribution in [0.1, 0.15) is 12.8 Å². The van der Waals surface area contributed by atoms with Crippen LogP contribution >= 0.6 is 0 Å². The molecule has 1 aromatic rings. The molecule has 0 unspecified atom stereocenters. The van der Waals surface area contributed by atoms with Crippen molar-refractivity contribution in [2.24, 2.45) is 0 Å². The average Bonchev–Trinajstić information content (AvgIpc) is 3.15. The molecule has 9 heteroatoms. The molecule has 0 aliphatic carbocycles. The molecule has 0 spiro atoms. The van der Waals surface area contributed by atoms with Crippen LogP contribution in [0.5, 0.6) is 0 Å². The number of nitrogens with zero attached hydrogens (tertiary/aromatic N) is 4. The fraction of sp³-hybridized carbons (Fsp3) is 0.500. The first kappa shape index (κ1) is 17.1. The van der Waals surface area contributed by atoms with Crippen molar-refractivity contribution in [2.45, 2.75) is 12.8 Å². The molecule has 8 nitrogen and oxygen atoms in total. The highest BCUT2D eigenvalue weighted by atomic mass is 19.1. The largest absolute Gasteiger partial charge is 0.362 e. The zero-order valence-corrected chi connectivity index (χ0v) is 13.7. The van der Waals surface area contributed by atoms with Gasteiger partial charge in [-0.1, -0.05) is 0 Å². The Kier molecular flexibility index (Phi) is 4.82. The molecule has 2 aliphatic heterocycles. The minimum Gasteiger partial charge on any atom is -0.362 e. The van der Waals surface area contributed by atoms with E-state index < -0.39 is 22.6 Å². The second kappa shape index (κ2) is 7.04. The van der Waals surface area contributed by atoms with Crippen molar-refractivity contribution in [3.8, 4) is 0 Å². The fourth-order valence-corrected chi connectivity index (χ4v) is 3.25. The maximum absolute atomic E-state index is 13.5. The van der Waals surface area contributed by atoms with Crippen molar-refractivity contribution >= 4 is 23.2 Å². The number of piperazine rings is 1. The van der Waals surface area contributed by atoms with E-state index in [1.165, 1.54) is 4.90 Å². The monoisotopic (exact) mass is 350 g/mol. The van der Waals surface area contributed by atoms with E-state index in [4.69, 9.17) is 0 Å². The van der Waals surface area contributed by atoms with Crippen LogP contribution < -0.4 is 4.90 Å². The molecule has 0 radical (unpaired) electrons. The Balaban J connectivity index is 1.66. The summed E-state index contributed by atoms with van der Waals surface area (Å²) in [6.45, 7) is 2.38. The van der Waals surface area contributed by atoms with Gasteiger partial charge in [-0.15, -0.1) is 0 Å². The number of carbonyl (C=O) groups is 2. The number of carbonyl (C=O) groups excluding carboxylic acids is 2. The average molecular weight is 350 g/mol. The predicted octanol–water partition coefficient (Wildman–Crippen LogP) is 1.00. The molecule has 0 saturated carbocycles. The van der Waals surface area contributed by atoms with Gasteiger partial charge in [0.25, 0.3) is 5.69 Å². The van der Waals surface area contributed by atoms with Gasteiger partial charge < -0.3 is 14.7 Å². The lowest BCUT2D eigenvalue weighted by Crippen LogP contribution is -2.53. The van der Waals surface area contributed by atoms with Crippen molar-refractivity contribution in [2.75, 3.05) is 44.2 Å². The van der Waals surface area contributed by atoms with E-state index in [0.717, 1.165) is 31.0 Å². The standard InChI is InChI=1S/C16H19FN4O4/c17-12-3-4-13(21(24)25)14(11-12)18-7-9-20(10-8-18)16(23)15(22)19-5-1-2-6-19/h3-4,11H,1-2,5-10H2. The molecular weight excluding hydrogens is 331 g/mol. The van der Waals surface area contributed by atoms with Gasteiger partial charge in [0.15, 0.2) is 0 Å². The maximum Gasteiger partial charge on any atom is 0.312 e.